The van der Waals surface area contributed by atoms with Crippen molar-refractivity contribution in [3.05, 3.63) is 40.0 Å². The SMILES string of the molecule is O=C(NCCn1ncc2c1CCOC2)c1ccc(Br)o1. The molecule has 0 aliphatic carbocycles. The summed E-state index contributed by atoms with van der Waals surface area (Å²) in [6.07, 6.45) is 2.70. The second kappa shape index (κ2) is 5.80. The van der Waals surface area contributed by atoms with E-state index in [9.17, 15) is 4.79 Å². The number of furan rings is 1. The Kier molecular flexibility index (Phi) is 3.88. The molecule has 1 aliphatic rings. The Morgan fingerprint density at radius 3 is 3.20 bits per heavy atom. The van der Waals surface area contributed by atoms with E-state index in [1.807, 2.05) is 10.9 Å². The van der Waals surface area contributed by atoms with Gasteiger partial charge in [-0.05, 0) is 28.1 Å². The molecule has 1 amide bonds. The van der Waals surface area contributed by atoms with E-state index >= 15 is 0 Å². The topological polar surface area (TPSA) is 69.3 Å². The van der Waals surface area contributed by atoms with Gasteiger partial charge in [0.15, 0.2) is 10.4 Å². The van der Waals surface area contributed by atoms with E-state index in [2.05, 4.69) is 26.3 Å². The minimum Gasteiger partial charge on any atom is -0.444 e. The van der Waals surface area contributed by atoms with E-state index in [1.54, 1.807) is 12.1 Å². The molecule has 3 heterocycles. The number of fused-ring (bicyclic) bond motifs is 1. The number of ether oxygens (including phenoxy) is 1. The smallest absolute Gasteiger partial charge is 0.287 e. The van der Waals surface area contributed by atoms with Crippen LogP contribution in [0.2, 0.25) is 0 Å². The Hall–Kier alpha value is -1.60. The maximum Gasteiger partial charge on any atom is 0.287 e. The fourth-order valence-electron chi connectivity index (χ4n) is 2.20. The molecule has 1 aliphatic heterocycles. The van der Waals surface area contributed by atoms with Crippen LogP contribution < -0.4 is 5.32 Å². The van der Waals surface area contributed by atoms with Crippen molar-refractivity contribution in [2.45, 2.75) is 19.6 Å². The van der Waals surface area contributed by atoms with Crippen molar-refractivity contribution in [1.82, 2.24) is 15.1 Å². The molecule has 0 atom stereocenters. The van der Waals surface area contributed by atoms with Gasteiger partial charge in [0.1, 0.15) is 0 Å². The number of carbonyl (C=O) groups excluding carboxylic acids is 1. The lowest BCUT2D eigenvalue weighted by molar-refractivity contribution is 0.0921. The molecule has 3 rings (SSSR count). The highest BCUT2D eigenvalue weighted by Gasteiger charge is 2.15. The van der Waals surface area contributed by atoms with Gasteiger partial charge in [0.2, 0.25) is 0 Å². The van der Waals surface area contributed by atoms with E-state index in [1.165, 1.54) is 5.69 Å². The summed E-state index contributed by atoms with van der Waals surface area (Å²) < 4.78 is 13.0. The number of hydrogen-bond donors (Lipinski definition) is 1. The number of carbonyl (C=O) groups is 1. The maximum atomic E-state index is 11.8. The second-order valence-corrected chi connectivity index (χ2v) is 5.28. The molecule has 6 nitrogen and oxygen atoms in total. The summed E-state index contributed by atoms with van der Waals surface area (Å²) in [5.74, 6) is 0.0767. The van der Waals surface area contributed by atoms with Crippen LogP contribution in [0.3, 0.4) is 0 Å². The molecular formula is C13H14BrN3O3. The van der Waals surface area contributed by atoms with Crippen LogP contribution in [0.4, 0.5) is 0 Å². The summed E-state index contributed by atoms with van der Waals surface area (Å²) in [7, 11) is 0. The Balaban J connectivity index is 1.55. The van der Waals surface area contributed by atoms with Crippen molar-refractivity contribution in [2.75, 3.05) is 13.2 Å². The third-order valence-electron chi connectivity index (χ3n) is 3.18. The van der Waals surface area contributed by atoms with E-state index in [0.29, 0.717) is 30.1 Å². The van der Waals surface area contributed by atoms with Crippen molar-refractivity contribution >= 4 is 21.8 Å². The average molecular weight is 340 g/mol. The predicted molar refractivity (Wildman–Crippen MR) is 74.3 cm³/mol. The standard InChI is InChI=1S/C13H14BrN3O3/c14-12-2-1-11(20-12)13(18)15-4-5-17-10-3-6-19-8-9(10)7-16-17/h1-2,7H,3-6,8H2,(H,15,18). The number of nitrogens with one attached hydrogen (secondary N) is 1. The van der Waals surface area contributed by atoms with E-state index in [4.69, 9.17) is 9.15 Å². The van der Waals surface area contributed by atoms with E-state index < -0.39 is 0 Å². The van der Waals surface area contributed by atoms with Gasteiger partial charge in [-0.1, -0.05) is 0 Å². The fraction of sp³-hybridized carbons (Fsp3) is 0.385. The summed E-state index contributed by atoms with van der Waals surface area (Å²) in [5, 5.41) is 7.14. The number of amides is 1. The van der Waals surface area contributed by atoms with Gasteiger partial charge in [-0.25, -0.2) is 0 Å². The third-order valence-corrected chi connectivity index (χ3v) is 3.61. The van der Waals surface area contributed by atoms with Gasteiger partial charge >= 0.3 is 0 Å². The molecule has 0 aromatic carbocycles. The Morgan fingerprint density at radius 2 is 2.40 bits per heavy atom. The molecule has 0 fully saturated rings. The minimum atomic E-state index is -0.222. The Bertz CT molecular complexity index is 620. The fourth-order valence-corrected chi connectivity index (χ4v) is 2.51. The van der Waals surface area contributed by atoms with Gasteiger partial charge < -0.3 is 14.5 Å². The Labute approximate surface area is 124 Å². The molecule has 0 saturated carbocycles. The lowest BCUT2D eigenvalue weighted by Gasteiger charge is -2.14. The Morgan fingerprint density at radius 1 is 1.50 bits per heavy atom. The predicted octanol–water partition coefficient (Wildman–Crippen LogP) is 1.74. The zero-order valence-electron chi connectivity index (χ0n) is 10.8. The molecule has 0 radical (unpaired) electrons. The first kappa shape index (κ1) is 13.4. The average Bonchev–Trinajstić information content (AvgIpc) is 3.06. The third kappa shape index (κ3) is 2.78. The number of rotatable bonds is 4. The zero-order chi connectivity index (χ0) is 13.9. The molecule has 2 aromatic rings. The van der Waals surface area contributed by atoms with Crippen LogP contribution in [0.1, 0.15) is 21.8 Å². The van der Waals surface area contributed by atoms with Crippen molar-refractivity contribution in [2.24, 2.45) is 0 Å². The summed E-state index contributed by atoms with van der Waals surface area (Å²) >= 11 is 3.17. The highest BCUT2D eigenvalue weighted by Crippen LogP contribution is 2.16. The molecule has 0 unspecified atom stereocenters. The molecule has 1 N–H and O–H groups in total. The molecule has 0 bridgehead atoms. The first-order chi connectivity index (χ1) is 9.74. The molecule has 2 aromatic heterocycles. The first-order valence-corrected chi connectivity index (χ1v) is 7.18. The number of hydrogen-bond acceptors (Lipinski definition) is 4. The van der Waals surface area contributed by atoms with Crippen LogP contribution in [-0.4, -0.2) is 28.8 Å². The van der Waals surface area contributed by atoms with Gasteiger partial charge in [-0.15, -0.1) is 0 Å². The molecule has 20 heavy (non-hydrogen) atoms. The summed E-state index contributed by atoms with van der Waals surface area (Å²) in [6.45, 7) is 2.50. The highest BCUT2D eigenvalue weighted by atomic mass is 79.9. The van der Waals surface area contributed by atoms with Gasteiger partial charge in [-0.2, -0.15) is 5.10 Å². The van der Waals surface area contributed by atoms with Crippen LogP contribution in [0.25, 0.3) is 0 Å². The van der Waals surface area contributed by atoms with E-state index in [0.717, 1.165) is 18.6 Å². The quantitative estimate of drug-likeness (QED) is 0.921. The van der Waals surface area contributed by atoms with Gasteiger partial charge in [0.25, 0.3) is 5.91 Å². The van der Waals surface area contributed by atoms with Crippen molar-refractivity contribution < 1.29 is 13.9 Å². The highest BCUT2D eigenvalue weighted by molar-refractivity contribution is 9.10. The maximum absolute atomic E-state index is 11.8. The first-order valence-electron chi connectivity index (χ1n) is 6.39. The van der Waals surface area contributed by atoms with Crippen molar-refractivity contribution in [1.29, 1.82) is 0 Å². The second-order valence-electron chi connectivity index (χ2n) is 4.50. The monoisotopic (exact) mass is 339 g/mol. The molecule has 106 valence electrons. The largest absolute Gasteiger partial charge is 0.444 e. The van der Waals surface area contributed by atoms with Crippen LogP contribution >= 0.6 is 15.9 Å². The molecule has 0 saturated heterocycles. The van der Waals surface area contributed by atoms with Crippen molar-refractivity contribution in [3.63, 3.8) is 0 Å². The minimum absolute atomic E-state index is 0.222. The van der Waals surface area contributed by atoms with Gasteiger partial charge in [0.05, 0.1) is 26.0 Å². The van der Waals surface area contributed by atoms with Gasteiger partial charge in [0, 0.05) is 24.2 Å². The van der Waals surface area contributed by atoms with Crippen LogP contribution in [0.15, 0.2) is 27.4 Å². The van der Waals surface area contributed by atoms with Crippen LogP contribution in [0.5, 0.6) is 0 Å². The van der Waals surface area contributed by atoms with Crippen LogP contribution in [-0.2, 0) is 24.3 Å². The normalized spacial score (nSPS) is 14.1. The number of nitrogens with zero attached hydrogens (tertiary/aromatic N) is 2. The number of aromatic nitrogens is 2. The summed E-state index contributed by atoms with van der Waals surface area (Å²) in [6, 6.07) is 3.32. The van der Waals surface area contributed by atoms with E-state index in [-0.39, 0.29) is 5.91 Å². The van der Waals surface area contributed by atoms with Crippen LogP contribution in [0, 0.1) is 0 Å². The molecule has 7 heteroatoms. The molecule has 0 spiro atoms. The lowest BCUT2D eigenvalue weighted by atomic mass is 10.2. The molecular weight excluding hydrogens is 326 g/mol. The summed E-state index contributed by atoms with van der Waals surface area (Å²) in [5.41, 5.74) is 2.34. The van der Waals surface area contributed by atoms with Crippen molar-refractivity contribution in [3.8, 4) is 0 Å². The number of halogens is 1. The van der Waals surface area contributed by atoms with Gasteiger partial charge in [-0.3, -0.25) is 9.48 Å². The zero-order valence-corrected chi connectivity index (χ0v) is 12.4. The summed E-state index contributed by atoms with van der Waals surface area (Å²) in [4.78, 5) is 11.8. The lowest BCUT2D eigenvalue weighted by Crippen LogP contribution is -2.28.